The van der Waals surface area contributed by atoms with Gasteiger partial charge in [0.05, 0.1) is 0 Å². The molecule has 2 aliphatic rings. The molecule has 1 amide bonds. The first-order valence-electron chi connectivity index (χ1n) is 10.4. The molecule has 0 aliphatic carbocycles. The number of ether oxygens (including phenoxy) is 2. The quantitative estimate of drug-likeness (QED) is 0.718. The maximum atomic E-state index is 12.8. The lowest BCUT2D eigenvalue weighted by atomic mass is 10.1. The Morgan fingerprint density at radius 3 is 2.57 bits per heavy atom. The van der Waals surface area contributed by atoms with Gasteiger partial charge in [0.1, 0.15) is 11.9 Å². The normalized spacial score (nSPS) is 20.2. The second-order valence-electron chi connectivity index (χ2n) is 7.78. The summed E-state index contributed by atoms with van der Waals surface area (Å²) in [5.74, 6) is 2.95. The highest BCUT2D eigenvalue weighted by molar-refractivity contribution is 5.95. The number of fused-ring (bicyclic) bond motifs is 2. The predicted octanol–water partition coefficient (Wildman–Crippen LogP) is 3.84. The van der Waals surface area contributed by atoms with E-state index in [4.69, 9.17) is 9.47 Å². The fraction of sp³-hybridized carbons (Fsp3) is 0.348. The molecule has 2 aromatic carbocycles. The number of carbonyl (C=O) groups excluding carboxylic acids is 1. The zero-order valence-corrected chi connectivity index (χ0v) is 16.9. The Kier molecular flexibility index (Phi) is 4.86. The maximum absolute atomic E-state index is 12.8. The Morgan fingerprint density at radius 2 is 1.77 bits per heavy atom. The number of anilines is 1. The molecule has 7 nitrogen and oxygen atoms in total. The first-order valence-corrected chi connectivity index (χ1v) is 10.4. The van der Waals surface area contributed by atoms with Gasteiger partial charge in [-0.3, -0.25) is 4.79 Å². The van der Waals surface area contributed by atoms with E-state index in [0.717, 1.165) is 36.6 Å². The summed E-state index contributed by atoms with van der Waals surface area (Å²) in [5, 5.41) is 11.7. The summed E-state index contributed by atoms with van der Waals surface area (Å²) < 4.78 is 13.9. The lowest BCUT2D eigenvalue weighted by Crippen LogP contribution is -2.46. The van der Waals surface area contributed by atoms with E-state index in [0.29, 0.717) is 17.2 Å². The number of nitrogens with zero attached hydrogens (tertiary/aromatic N) is 3. The predicted molar refractivity (Wildman–Crippen MR) is 113 cm³/mol. The van der Waals surface area contributed by atoms with Crippen LogP contribution in [0.4, 0.5) is 5.69 Å². The van der Waals surface area contributed by atoms with Gasteiger partial charge in [0.2, 0.25) is 6.10 Å². The van der Waals surface area contributed by atoms with Gasteiger partial charge >= 0.3 is 0 Å². The molecule has 3 aromatic rings. The average molecular weight is 404 g/mol. The fourth-order valence-corrected chi connectivity index (χ4v) is 4.02. The minimum atomic E-state index is -0.716. The minimum absolute atomic E-state index is 0.235. The molecule has 5 rings (SSSR count). The lowest BCUT2D eigenvalue weighted by molar-refractivity contribution is -0.128. The Balaban J connectivity index is 1.30. The molecule has 0 radical (unpaired) electrons. The molecule has 0 bridgehead atoms. The van der Waals surface area contributed by atoms with Crippen molar-refractivity contribution >= 4 is 11.6 Å². The van der Waals surface area contributed by atoms with Gasteiger partial charge in [0.15, 0.2) is 17.3 Å². The first-order chi connectivity index (χ1) is 14.7. The van der Waals surface area contributed by atoms with Crippen LogP contribution < -0.4 is 14.8 Å². The Hall–Kier alpha value is -3.35. The van der Waals surface area contributed by atoms with E-state index in [1.54, 1.807) is 6.07 Å². The summed E-state index contributed by atoms with van der Waals surface area (Å²) in [6.45, 7) is 2.79. The molecule has 154 valence electrons. The summed E-state index contributed by atoms with van der Waals surface area (Å²) in [4.78, 5) is 12.8. The standard InChI is InChI=1S/C23H24N4O3/c1-15-21(30-19-8-5-4-7-18(19)29-15)23(28)24-17-12-10-16(11-13-17)22-26-25-20-9-3-2-6-14-27(20)22/h4-5,7-8,10-13,15,21H,2-3,6,9,14H2,1H3,(H,24,28)/t15-,21+/m0/s1. The second-order valence-corrected chi connectivity index (χ2v) is 7.78. The van der Waals surface area contributed by atoms with Crippen LogP contribution in [0.3, 0.4) is 0 Å². The van der Waals surface area contributed by atoms with Crippen molar-refractivity contribution in [2.45, 2.75) is 51.4 Å². The highest BCUT2D eigenvalue weighted by Gasteiger charge is 2.34. The van der Waals surface area contributed by atoms with Crippen molar-refractivity contribution in [2.24, 2.45) is 0 Å². The molecule has 7 heteroatoms. The number of rotatable bonds is 3. The zero-order valence-electron chi connectivity index (χ0n) is 16.9. The first kappa shape index (κ1) is 18.7. The third-order valence-corrected chi connectivity index (χ3v) is 5.62. The number of para-hydroxylation sites is 2. The third kappa shape index (κ3) is 3.51. The number of hydrogen-bond acceptors (Lipinski definition) is 5. The Labute approximate surface area is 175 Å². The van der Waals surface area contributed by atoms with Gasteiger partial charge < -0.3 is 19.4 Å². The highest BCUT2D eigenvalue weighted by atomic mass is 16.6. The topological polar surface area (TPSA) is 78.3 Å². The van der Waals surface area contributed by atoms with Crippen molar-refractivity contribution in [3.8, 4) is 22.9 Å². The van der Waals surface area contributed by atoms with Gasteiger partial charge in [-0.1, -0.05) is 18.6 Å². The molecule has 0 fully saturated rings. The molecule has 2 atom stereocenters. The summed E-state index contributed by atoms with van der Waals surface area (Å²) >= 11 is 0. The van der Waals surface area contributed by atoms with Gasteiger partial charge in [-0.15, -0.1) is 10.2 Å². The Bertz CT molecular complexity index is 1060. The monoisotopic (exact) mass is 404 g/mol. The van der Waals surface area contributed by atoms with Crippen molar-refractivity contribution in [3.63, 3.8) is 0 Å². The van der Waals surface area contributed by atoms with E-state index in [-0.39, 0.29) is 12.0 Å². The smallest absolute Gasteiger partial charge is 0.269 e. The van der Waals surface area contributed by atoms with Crippen molar-refractivity contribution in [1.29, 1.82) is 0 Å². The average Bonchev–Trinajstić information content (AvgIpc) is 3.01. The van der Waals surface area contributed by atoms with Gasteiger partial charge in [-0.2, -0.15) is 0 Å². The Morgan fingerprint density at radius 1 is 1.00 bits per heavy atom. The number of benzene rings is 2. The molecule has 1 aromatic heterocycles. The van der Waals surface area contributed by atoms with E-state index in [2.05, 4.69) is 20.1 Å². The molecular formula is C23H24N4O3. The van der Waals surface area contributed by atoms with Crippen molar-refractivity contribution in [2.75, 3.05) is 5.32 Å². The number of aryl methyl sites for hydroxylation is 1. The summed E-state index contributed by atoms with van der Waals surface area (Å²) in [5.41, 5.74) is 1.70. The van der Waals surface area contributed by atoms with E-state index < -0.39 is 6.10 Å². The van der Waals surface area contributed by atoms with Crippen LogP contribution in [-0.2, 0) is 17.8 Å². The minimum Gasteiger partial charge on any atom is -0.482 e. The number of nitrogens with one attached hydrogen (secondary N) is 1. The maximum Gasteiger partial charge on any atom is 0.269 e. The molecule has 1 N–H and O–H groups in total. The molecule has 30 heavy (non-hydrogen) atoms. The van der Waals surface area contributed by atoms with Crippen LogP contribution >= 0.6 is 0 Å². The van der Waals surface area contributed by atoms with Gasteiger partial charge in [-0.05, 0) is 56.2 Å². The molecular weight excluding hydrogens is 380 g/mol. The SMILES string of the molecule is C[C@@H]1Oc2ccccc2O[C@H]1C(=O)Nc1ccc(-c2nnc3n2CCCCC3)cc1. The molecule has 2 aliphatic heterocycles. The second kappa shape index (κ2) is 7.82. The van der Waals surface area contributed by atoms with Crippen LogP contribution in [0.25, 0.3) is 11.4 Å². The summed E-state index contributed by atoms with van der Waals surface area (Å²) in [6.07, 6.45) is 3.42. The van der Waals surface area contributed by atoms with Crippen molar-refractivity contribution < 1.29 is 14.3 Å². The van der Waals surface area contributed by atoms with E-state index >= 15 is 0 Å². The van der Waals surface area contributed by atoms with Crippen LogP contribution in [0, 0.1) is 0 Å². The van der Waals surface area contributed by atoms with Crippen molar-refractivity contribution in [1.82, 2.24) is 14.8 Å². The van der Waals surface area contributed by atoms with Gasteiger partial charge in [0.25, 0.3) is 5.91 Å². The van der Waals surface area contributed by atoms with Crippen LogP contribution in [0.15, 0.2) is 48.5 Å². The van der Waals surface area contributed by atoms with E-state index in [9.17, 15) is 4.79 Å². The van der Waals surface area contributed by atoms with E-state index in [1.807, 2.05) is 49.4 Å². The summed E-state index contributed by atoms with van der Waals surface area (Å²) in [7, 11) is 0. The molecule has 0 saturated carbocycles. The third-order valence-electron chi connectivity index (χ3n) is 5.62. The molecule has 3 heterocycles. The number of amides is 1. The number of aromatic nitrogens is 3. The van der Waals surface area contributed by atoms with Gasteiger partial charge in [0, 0.05) is 24.2 Å². The summed E-state index contributed by atoms with van der Waals surface area (Å²) in [6, 6.07) is 15.1. The van der Waals surface area contributed by atoms with Crippen LogP contribution in [0.5, 0.6) is 11.5 Å². The lowest BCUT2D eigenvalue weighted by Gasteiger charge is -2.31. The van der Waals surface area contributed by atoms with Crippen molar-refractivity contribution in [3.05, 3.63) is 54.4 Å². The van der Waals surface area contributed by atoms with E-state index in [1.165, 1.54) is 12.8 Å². The van der Waals surface area contributed by atoms with Crippen LogP contribution in [0.2, 0.25) is 0 Å². The molecule has 0 spiro atoms. The molecule has 0 unspecified atom stereocenters. The number of carbonyl (C=O) groups is 1. The van der Waals surface area contributed by atoms with Crippen LogP contribution in [-0.4, -0.2) is 32.9 Å². The van der Waals surface area contributed by atoms with Gasteiger partial charge in [-0.25, -0.2) is 0 Å². The number of hydrogen-bond donors (Lipinski definition) is 1. The van der Waals surface area contributed by atoms with Crippen LogP contribution in [0.1, 0.15) is 32.0 Å². The largest absolute Gasteiger partial charge is 0.482 e. The zero-order chi connectivity index (χ0) is 20.5. The molecule has 0 saturated heterocycles. The highest BCUT2D eigenvalue weighted by Crippen LogP contribution is 2.33. The fourth-order valence-electron chi connectivity index (χ4n) is 4.02.